The minimum atomic E-state index is 0.227. The fourth-order valence-corrected chi connectivity index (χ4v) is 4.90. The normalized spacial score (nSPS) is 15.7. The molecule has 3 rings (SSSR count). The highest BCUT2D eigenvalue weighted by atomic mass is 79.9. The van der Waals surface area contributed by atoms with Crippen LogP contribution >= 0.6 is 27.3 Å². The number of thiophene rings is 1. The fourth-order valence-electron chi connectivity index (χ4n) is 3.06. The van der Waals surface area contributed by atoms with Crippen LogP contribution in [0.25, 0.3) is 0 Å². The molecule has 3 nitrogen and oxygen atoms in total. The number of nitrogens with zero attached hydrogens (tertiary/aromatic N) is 2. The van der Waals surface area contributed by atoms with E-state index in [1.165, 1.54) is 29.8 Å². The quantitative estimate of drug-likeness (QED) is 0.844. The lowest BCUT2D eigenvalue weighted by atomic mass is 10.1. The van der Waals surface area contributed by atoms with Gasteiger partial charge in [0, 0.05) is 15.8 Å². The lowest BCUT2D eigenvalue weighted by molar-refractivity contribution is 0.477. The maximum atomic E-state index is 4.54. The predicted molar refractivity (Wildman–Crippen MR) is 92.2 cm³/mol. The molecule has 1 unspecified atom stereocenters. The highest BCUT2D eigenvalue weighted by Gasteiger charge is 2.26. The smallest absolute Gasteiger partial charge is 0.0853 e. The summed E-state index contributed by atoms with van der Waals surface area (Å²) in [6, 6.07) is 2.99. The van der Waals surface area contributed by atoms with Gasteiger partial charge in [-0.05, 0) is 67.2 Å². The molecule has 2 aromatic heterocycles. The molecule has 2 aromatic rings. The van der Waals surface area contributed by atoms with Crippen LogP contribution in [-0.2, 0) is 12.8 Å². The van der Waals surface area contributed by atoms with E-state index in [-0.39, 0.29) is 6.04 Å². The van der Waals surface area contributed by atoms with Gasteiger partial charge in [-0.2, -0.15) is 5.10 Å². The summed E-state index contributed by atoms with van der Waals surface area (Å²) < 4.78 is 3.22. The van der Waals surface area contributed by atoms with Gasteiger partial charge in [0.1, 0.15) is 0 Å². The molecule has 0 spiro atoms. The topological polar surface area (TPSA) is 29.9 Å². The fraction of sp³-hybridized carbons (Fsp3) is 0.562. The molecule has 0 fully saturated rings. The molecular weight excluding hydrogens is 346 g/mol. The van der Waals surface area contributed by atoms with Crippen molar-refractivity contribution in [3.63, 3.8) is 0 Å². The van der Waals surface area contributed by atoms with Gasteiger partial charge in [0.2, 0.25) is 0 Å². The molecule has 0 radical (unpaired) electrons. The number of halogens is 1. The summed E-state index contributed by atoms with van der Waals surface area (Å²) in [5.41, 5.74) is 2.80. The number of nitrogens with one attached hydrogen (secondary N) is 1. The number of hydrogen-bond donors (Lipinski definition) is 1. The van der Waals surface area contributed by atoms with Gasteiger partial charge >= 0.3 is 0 Å². The van der Waals surface area contributed by atoms with E-state index in [2.05, 4.69) is 57.9 Å². The summed E-state index contributed by atoms with van der Waals surface area (Å²) in [6.07, 6.45) is 5.74. The van der Waals surface area contributed by atoms with Crippen LogP contribution in [0.15, 0.2) is 16.7 Å². The molecule has 0 saturated heterocycles. The van der Waals surface area contributed by atoms with Crippen LogP contribution in [0.5, 0.6) is 0 Å². The van der Waals surface area contributed by atoms with Crippen molar-refractivity contribution in [1.29, 1.82) is 0 Å². The van der Waals surface area contributed by atoms with Crippen molar-refractivity contribution in [2.75, 3.05) is 6.54 Å². The van der Waals surface area contributed by atoms with Crippen LogP contribution in [0.2, 0.25) is 0 Å². The molecule has 0 amide bonds. The van der Waals surface area contributed by atoms with Gasteiger partial charge in [-0.15, -0.1) is 11.3 Å². The van der Waals surface area contributed by atoms with Crippen LogP contribution < -0.4 is 5.32 Å². The Bertz CT molecular complexity index is 608. The summed E-state index contributed by atoms with van der Waals surface area (Å²) in [5.74, 6) is 0. The molecule has 21 heavy (non-hydrogen) atoms. The van der Waals surface area contributed by atoms with Crippen molar-refractivity contribution in [2.45, 2.75) is 52.1 Å². The van der Waals surface area contributed by atoms with E-state index >= 15 is 0 Å². The van der Waals surface area contributed by atoms with Crippen molar-refractivity contribution in [3.8, 4) is 0 Å². The summed E-state index contributed by atoms with van der Waals surface area (Å²) in [6.45, 7) is 7.47. The largest absolute Gasteiger partial charge is 0.305 e. The monoisotopic (exact) mass is 367 g/mol. The molecule has 0 saturated carbocycles. The minimum Gasteiger partial charge on any atom is -0.305 e. The van der Waals surface area contributed by atoms with Gasteiger partial charge in [-0.1, -0.05) is 6.92 Å². The number of hydrogen-bond acceptors (Lipinski definition) is 3. The van der Waals surface area contributed by atoms with Crippen molar-refractivity contribution in [2.24, 2.45) is 0 Å². The predicted octanol–water partition coefficient (Wildman–Crippen LogP) is 4.48. The molecule has 1 aliphatic carbocycles. The van der Waals surface area contributed by atoms with Gasteiger partial charge in [-0.25, -0.2) is 0 Å². The van der Waals surface area contributed by atoms with Gasteiger partial charge in [0.15, 0.2) is 0 Å². The summed E-state index contributed by atoms with van der Waals surface area (Å²) in [4.78, 5) is 3.00. The average Bonchev–Trinajstić information content (AvgIpc) is 3.09. The second kappa shape index (κ2) is 6.23. The standard InChI is InChI=1S/C16H22BrN3S/c1-4-18-15(14-8-11-6-5-7-13(11)21-14)16-12(17)9-19-20(16)10(2)3/h8-10,15,18H,4-7H2,1-3H3. The number of fused-ring (bicyclic) bond motifs is 1. The van der Waals surface area contributed by atoms with E-state index in [1.54, 1.807) is 10.4 Å². The Kier molecular flexibility index (Phi) is 4.52. The van der Waals surface area contributed by atoms with E-state index in [0.717, 1.165) is 11.0 Å². The molecule has 1 atom stereocenters. The molecule has 2 heterocycles. The molecule has 5 heteroatoms. The molecule has 0 aliphatic heterocycles. The van der Waals surface area contributed by atoms with Crippen molar-refractivity contribution in [1.82, 2.24) is 15.1 Å². The van der Waals surface area contributed by atoms with Crippen LogP contribution in [0, 0.1) is 0 Å². The van der Waals surface area contributed by atoms with Crippen LogP contribution in [0.3, 0.4) is 0 Å². The van der Waals surface area contributed by atoms with Crippen molar-refractivity contribution in [3.05, 3.63) is 37.7 Å². The van der Waals surface area contributed by atoms with Crippen LogP contribution in [0.1, 0.15) is 60.3 Å². The highest BCUT2D eigenvalue weighted by Crippen LogP contribution is 2.38. The SMILES string of the molecule is CCNC(c1cc2c(s1)CCC2)c1c(Br)cnn1C(C)C. The first-order chi connectivity index (χ1) is 10.1. The van der Waals surface area contributed by atoms with Crippen molar-refractivity contribution < 1.29 is 0 Å². The van der Waals surface area contributed by atoms with E-state index in [4.69, 9.17) is 0 Å². The third kappa shape index (κ3) is 2.83. The second-order valence-corrected chi connectivity index (χ2v) is 7.88. The Morgan fingerprint density at radius 3 is 2.90 bits per heavy atom. The van der Waals surface area contributed by atoms with Gasteiger partial charge in [0.25, 0.3) is 0 Å². The average molecular weight is 368 g/mol. The lowest BCUT2D eigenvalue weighted by Crippen LogP contribution is -2.25. The molecule has 0 bridgehead atoms. The van der Waals surface area contributed by atoms with Crippen LogP contribution in [-0.4, -0.2) is 16.3 Å². The first-order valence-electron chi connectivity index (χ1n) is 7.69. The zero-order valence-electron chi connectivity index (χ0n) is 12.8. The zero-order valence-corrected chi connectivity index (χ0v) is 15.2. The Morgan fingerprint density at radius 2 is 2.24 bits per heavy atom. The Labute approximate surface area is 138 Å². The first-order valence-corrected chi connectivity index (χ1v) is 9.30. The summed E-state index contributed by atoms with van der Waals surface area (Å²) in [7, 11) is 0. The summed E-state index contributed by atoms with van der Waals surface area (Å²) >= 11 is 5.66. The van der Waals surface area contributed by atoms with E-state index in [9.17, 15) is 0 Å². The van der Waals surface area contributed by atoms with E-state index in [1.807, 2.05) is 17.5 Å². The Morgan fingerprint density at radius 1 is 1.43 bits per heavy atom. The van der Waals surface area contributed by atoms with Gasteiger partial charge in [0.05, 0.1) is 22.4 Å². The maximum Gasteiger partial charge on any atom is 0.0853 e. The third-order valence-corrected chi connectivity index (χ3v) is 5.92. The number of rotatable bonds is 5. The lowest BCUT2D eigenvalue weighted by Gasteiger charge is -2.21. The van der Waals surface area contributed by atoms with Gasteiger partial charge in [-0.3, -0.25) is 4.68 Å². The zero-order chi connectivity index (χ0) is 15.0. The Balaban J connectivity index is 2.03. The molecular formula is C16H22BrN3S. The molecule has 1 aliphatic rings. The maximum absolute atomic E-state index is 4.54. The van der Waals surface area contributed by atoms with Crippen LogP contribution in [0.4, 0.5) is 0 Å². The Hall–Kier alpha value is -0.650. The number of aryl methyl sites for hydroxylation is 2. The molecule has 0 aromatic carbocycles. The number of aromatic nitrogens is 2. The van der Waals surface area contributed by atoms with E-state index in [0.29, 0.717) is 6.04 Å². The second-order valence-electron chi connectivity index (χ2n) is 5.86. The first kappa shape index (κ1) is 15.3. The molecule has 1 N–H and O–H groups in total. The highest BCUT2D eigenvalue weighted by molar-refractivity contribution is 9.10. The van der Waals surface area contributed by atoms with E-state index < -0.39 is 0 Å². The summed E-state index contributed by atoms with van der Waals surface area (Å²) in [5, 5.41) is 8.19. The minimum absolute atomic E-state index is 0.227. The third-order valence-electron chi connectivity index (χ3n) is 4.01. The van der Waals surface area contributed by atoms with Gasteiger partial charge < -0.3 is 5.32 Å². The van der Waals surface area contributed by atoms with Crippen molar-refractivity contribution >= 4 is 27.3 Å². The molecule has 114 valence electrons.